The molecular formula is C12H8ClNO3. The van der Waals surface area contributed by atoms with Crippen LogP contribution in [-0.4, -0.2) is 15.6 Å². The van der Waals surface area contributed by atoms with Gasteiger partial charge in [-0.3, -0.25) is 9.36 Å². The summed E-state index contributed by atoms with van der Waals surface area (Å²) < 4.78 is 1.21. The van der Waals surface area contributed by atoms with Crippen molar-refractivity contribution in [3.8, 4) is 5.69 Å². The Bertz CT molecular complexity index is 619. The number of aromatic nitrogens is 1. The van der Waals surface area contributed by atoms with E-state index < -0.39 is 11.5 Å². The van der Waals surface area contributed by atoms with Gasteiger partial charge in [-0.15, -0.1) is 0 Å². The van der Waals surface area contributed by atoms with Crippen LogP contribution in [0.15, 0.2) is 47.4 Å². The number of para-hydroxylation sites is 1. The Labute approximate surface area is 102 Å². The van der Waals surface area contributed by atoms with Crippen molar-refractivity contribution in [2.45, 2.75) is 0 Å². The van der Waals surface area contributed by atoms with Gasteiger partial charge < -0.3 is 5.11 Å². The van der Waals surface area contributed by atoms with Crippen LogP contribution in [0.5, 0.6) is 0 Å². The number of pyridine rings is 1. The third-order valence-electron chi connectivity index (χ3n) is 2.25. The summed E-state index contributed by atoms with van der Waals surface area (Å²) in [5, 5.41) is 9.09. The molecule has 2 rings (SSSR count). The molecule has 2 aromatic rings. The van der Waals surface area contributed by atoms with E-state index in [0.717, 1.165) is 6.07 Å². The Balaban J connectivity index is 2.72. The maximum Gasteiger partial charge on any atom is 0.341 e. The Kier molecular flexibility index (Phi) is 2.97. The van der Waals surface area contributed by atoms with Gasteiger partial charge >= 0.3 is 5.97 Å². The van der Waals surface area contributed by atoms with Gasteiger partial charge in [0.05, 0.1) is 5.02 Å². The molecule has 5 heteroatoms. The Morgan fingerprint density at radius 3 is 2.47 bits per heavy atom. The molecule has 0 fully saturated rings. The van der Waals surface area contributed by atoms with Crippen molar-refractivity contribution < 1.29 is 9.90 Å². The van der Waals surface area contributed by atoms with Crippen LogP contribution in [0.25, 0.3) is 5.69 Å². The number of hydrogen-bond acceptors (Lipinski definition) is 2. The van der Waals surface area contributed by atoms with E-state index in [-0.39, 0.29) is 10.6 Å². The van der Waals surface area contributed by atoms with Crippen molar-refractivity contribution in [3.05, 3.63) is 63.5 Å². The van der Waals surface area contributed by atoms with Gasteiger partial charge in [0, 0.05) is 11.9 Å². The van der Waals surface area contributed by atoms with E-state index in [1.54, 1.807) is 30.3 Å². The third kappa shape index (κ3) is 2.21. The number of nitrogens with zero attached hydrogens (tertiary/aromatic N) is 1. The number of carboxylic acids is 1. The maximum atomic E-state index is 11.9. The zero-order chi connectivity index (χ0) is 12.4. The van der Waals surface area contributed by atoms with Crippen molar-refractivity contribution in [3.63, 3.8) is 0 Å². The molecule has 0 aliphatic rings. The first kappa shape index (κ1) is 11.4. The number of rotatable bonds is 2. The summed E-state index contributed by atoms with van der Waals surface area (Å²) in [6.45, 7) is 0. The summed E-state index contributed by atoms with van der Waals surface area (Å²) in [4.78, 5) is 22.8. The lowest BCUT2D eigenvalue weighted by atomic mass is 10.2. The molecule has 0 aliphatic carbocycles. The number of benzene rings is 1. The van der Waals surface area contributed by atoms with Crippen LogP contribution >= 0.6 is 11.6 Å². The first-order valence-corrected chi connectivity index (χ1v) is 5.18. The van der Waals surface area contributed by atoms with Crippen LogP contribution in [0.2, 0.25) is 5.02 Å². The molecule has 0 radical (unpaired) electrons. The van der Waals surface area contributed by atoms with Crippen molar-refractivity contribution >= 4 is 17.6 Å². The highest BCUT2D eigenvalue weighted by atomic mass is 35.5. The standard InChI is InChI=1S/C12H8ClNO3/c13-8-6-10(12(16)17)11(15)14(7-8)9-4-2-1-3-5-9/h1-7H,(H,16,17). The summed E-state index contributed by atoms with van der Waals surface area (Å²) in [6.07, 6.45) is 1.39. The molecule has 0 atom stereocenters. The molecular weight excluding hydrogens is 242 g/mol. The van der Waals surface area contributed by atoms with Crippen LogP contribution in [0, 0.1) is 0 Å². The quantitative estimate of drug-likeness (QED) is 0.888. The van der Waals surface area contributed by atoms with Crippen LogP contribution in [0.1, 0.15) is 10.4 Å². The fourth-order valence-electron chi connectivity index (χ4n) is 1.48. The predicted molar refractivity (Wildman–Crippen MR) is 64.0 cm³/mol. The van der Waals surface area contributed by atoms with Gasteiger partial charge in [0.2, 0.25) is 0 Å². The van der Waals surface area contributed by atoms with Crippen molar-refractivity contribution in [1.29, 1.82) is 0 Å². The third-order valence-corrected chi connectivity index (χ3v) is 2.46. The van der Waals surface area contributed by atoms with Gasteiger partial charge in [0.25, 0.3) is 5.56 Å². The number of carboxylic acid groups (broad SMARTS) is 1. The zero-order valence-electron chi connectivity index (χ0n) is 8.63. The fourth-order valence-corrected chi connectivity index (χ4v) is 1.69. The summed E-state index contributed by atoms with van der Waals surface area (Å²) >= 11 is 5.79. The minimum Gasteiger partial charge on any atom is -0.477 e. The smallest absolute Gasteiger partial charge is 0.341 e. The number of hydrogen-bond donors (Lipinski definition) is 1. The molecule has 1 aromatic carbocycles. The number of carbonyl (C=O) groups is 1. The van der Waals surface area contributed by atoms with Gasteiger partial charge in [0.15, 0.2) is 0 Å². The van der Waals surface area contributed by atoms with E-state index in [0.29, 0.717) is 5.69 Å². The topological polar surface area (TPSA) is 59.3 Å². The molecule has 0 spiro atoms. The van der Waals surface area contributed by atoms with E-state index in [9.17, 15) is 9.59 Å². The van der Waals surface area contributed by atoms with E-state index in [1.165, 1.54) is 10.8 Å². The van der Waals surface area contributed by atoms with Gasteiger partial charge in [-0.05, 0) is 18.2 Å². The normalized spacial score (nSPS) is 10.2. The molecule has 86 valence electrons. The van der Waals surface area contributed by atoms with Crippen molar-refractivity contribution in [1.82, 2.24) is 4.57 Å². The molecule has 0 saturated carbocycles. The van der Waals surface area contributed by atoms with Crippen LogP contribution in [-0.2, 0) is 0 Å². The highest BCUT2D eigenvalue weighted by Gasteiger charge is 2.13. The largest absolute Gasteiger partial charge is 0.477 e. The monoisotopic (exact) mass is 249 g/mol. The molecule has 17 heavy (non-hydrogen) atoms. The summed E-state index contributed by atoms with van der Waals surface area (Å²) in [5.74, 6) is -1.29. The Morgan fingerprint density at radius 2 is 1.88 bits per heavy atom. The van der Waals surface area contributed by atoms with Gasteiger partial charge in [-0.1, -0.05) is 29.8 Å². The lowest BCUT2D eigenvalue weighted by Gasteiger charge is -2.07. The summed E-state index contributed by atoms with van der Waals surface area (Å²) in [7, 11) is 0. The molecule has 1 N–H and O–H groups in total. The highest BCUT2D eigenvalue weighted by Crippen LogP contribution is 2.11. The highest BCUT2D eigenvalue weighted by molar-refractivity contribution is 6.30. The molecule has 1 heterocycles. The van der Waals surface area contributed by atoms with Crippen LogP contribution < -0.4 is 5.56 Å². The minimum atomic E-state index is -1.29. The number of halogens is 1. The second-order valence-corrected chi connectivity index (χ2v) is 3.82. The summed E-state index contributed by atoms with van der Waals surface area (Å²) in [6, 6.07) is 9.85. The van der Waals surface area contributed by atoms with Crippen LogP contribution in [0.4, 0.5) is 0 Å². The molecule has 4 nitrogen and oxygen atoms in total. The van der Waals surface area contributed by atoms with E-state index in [2.05, 4.69) is 0 Å². The Morgan fingerprint density at radius 1 is 1.24 bits per heavy atom. The second kappa shape index (κ2) is 4.43. The first-order chi connectivity index (χ1) is 8.09. The zero-order valence-corrected chi connectivity index (χ0v) is 9.39. The average molecular weight is 250 g/mol. The average Bonchev–Trinajstić information content (AvgIpc) is 2.32. The minimum absolute atomic E-state index is 0.200. The predicted octanol–water partition coefficient (Wildman–Crippen LogP) is 2.19. The van der Waals surface area contributed by atoms with Crippen LogP contribution in [0.3, 0.4) is 0 Å². The number of aromatic carboxylic acids is 1. The van der Waals surface area contributed by atoms with Gasteiger partial charge in [0.1, 0.15) is 5.56 Å². The van der Waals surface area contributed by atoms with Crippen molar-refractivity contribution in [2.75, 3.05) is 0 Å². The first-order valence-electron chi connectivity index (χ1n) is 4.80. The van der Waals surface area contributed by atoms with E-state index in [4.69, 9.17) is 16.7 Å². The Hall–Kier alpha value is -2.07. The van der Waals surface area contributed by atoms with Gasteiger partial charge in [-0.25, -0.2) is 4.79 Å². The maximum absolute atomic E-state index is 11.9. The fraction of sp³-hybridized carbons (Fsp3) is 0. The van der Waals surface area contributed by atoms with Crippen molar-refractivity contribution in [2.24, 2.45) is 0 Å². The van der Waals surface area contributed by atoms with E-state index in [1.807, 2.05) is 0 Å². The second-order valence-electron chi connectivity index (χ2n) is 3.39. The molecule has 0 amide bonds. The van der Waals surface area contributed by atoms with E-state index >= 15 is 0 Å². The SMILES string of the molecule is O=C(O)c1cc(Cl)cn(-c2ccccc2)c1=O. The molecule has 0 saturated heterocycles. The molecule has 0 unspecified atom stereocenters. The molecule has 0 bridgehead atoms. The lowest BCUT2D eigenvalue weighted by Crippen LogP contribution is -2.24. The lowest BCUT2D eigenvalue weighted by molar-refractivity contribution is 0.0694. The molecule has 0 aliphatic heterocycles. The van der Waals surface area contributed by atoms with Gasteiger partial charge in [-0.2, -0.15) is 0 Å². The molecule has 1 aromatic heterocycles. The summed E-state index contributed by atoms with van der Waals surface area (Å²) in [5.41, 5.74) is -0.378.